The topological polar surface area (TPSA) is 99.6 Å². The highest BCUT2D eigenvalue weighted by Gasteiger charge is 1.95. The van der Waals surface area contributed by atoms with Gasteiger partial charge in [0.2, 0.25) is 0 Å². The molecular weight excluding hydrogens is 290 g/mol. The van der Waals surface area contributed by atoms with Crippen molar-refractivity contribution in [1.29, 1.82) is 0 Å². The Morgan fingerprint density at radius 2 is 0.682 bits per heavy atom. The van der Waals surface area contributed by atoms with Crippen molar-refractivity contribution < 1.29 is 39.2 Å². The summed E-state index contributed by atoms with van der Waals surface area (Å²) >= 11 is 0. The summed E-state index contributed by atoms with van der Waals surface area (Å²) in [4.78, 5) is 0. The van der Waals surface area contributed by atoms with Crippen LogP contribution in [0.25, 0.3) is 0 Å². The molecule has 22 heavy (non-hydrogen) atoms. The first-order chi connectivity index (χ1) is 10.9. The predicted molar refractivity (Wildman–Crippen MR) is 88.2 cm³/mol. The van der Waals surface area contributed by atoms with Crippen LogP contribution < -0.4 is 10.8 Å². The van der Waals surface area contributed by atoms with Crippen LogP contribution in [0.4, 0.5) is 0 Å². The molecule has 0 aromatic heterocycles. The molecule has 0 bridgehead atoms. The summed E-state index contributed by atoms with van der Waals surface area (Å²) in [6, 6.07) is 0. The Kier molecular flexibility index (Phi) is 20.6. The van der Waals surface area contributed by atoms with E-state index in [2.05, 4.69) is 10.8 Å². The van der Waals surface area contributed by atoms with Gasteiger partial charge in [-0.2, -0.15) is 0 Å². The van der Waals surface area contributed by atoms with Crippen LogP contribution in [0.1, 0.15) is 0 Å². The molecule has 1 saturated heterocycles. The molecule has 0 aromatic rings. The Bertz CT molecular complexity index is 131. The molecule has 5 N–H and O–H groups in total. The zero-order valence-electron chi connectivity index (χ0n) is 13.2. The summed E-state index contributed by atoms with van der Waals surface area (Å²) < 4.78 is 32.0. The number of quaternary nitrogens is 2. The van der Waals surface area contributed by atoms with Crippen LogP contribution >= 0.6 is 0 Å². The first-order valence-electron chi connectivity index (χ1n) is 7.75. The van der Waals surface area contributed by atoms with Crippen molar-refractivity contribution in [2.45, 2.75) is 0 Å². The van der Waals surface area contributed by atoms with E-state index >= 15 is 0 Å². The smallest absolute Gasteiger partial charge is 0.338 e. The van der Waals surface area contributed by atoms with Crippen molar-refractivity contribution in [2.75, 3.05) is 79.3 Å². The van der Waals surface area contributed by atoms with Crippen LogP contribution in [-0.2, 0) is 28.4 Å². The number of hydrogen-bond acceptors (Lipinski definition) is 6. The summed E-state index contributed by atoms with van der Waals surface area (Å²) in [6.45, 7) is 7.04. The molecule has 1 heterocycles. The first-order valence-corrected chi connectivity index (χ1v) is 7.75. The van der Waals surface area contributed by atoms with Gasteiger partial charge in [0.05, 0.1) is 79.3 Å². The fourth-order valence-electron chi connectivity index (χ4n) is 1.32. The van der Waals surface area contributed by atoms with Gasteiger partial charge in [0.1, 0.15) is 7.98 Å². The standard InChI is InChI=1S/C12H24O6.B2H10N2/c1-2-14-5-6-16-9-10-18-12-11-17-8-7-15-4-3-13-1;1-4-2-3/h1-12H2;2,4H2,1,3H3. The molecule has 0 radical (unpaired) electrons. The van der Waals surface area contributed by atoms with E-state index in [0.29, 0.717) is 87.3 Å². The third-order valence-electron chi connectivity index (χ3n) is 2.23. The van der Waals surface area contributed by atoms with Gasteiger partial charge in [-0.3, -0.25) is 0 Å². The van der Waals surface area contributed by atoms with E-state index < -0.39 is 0 Å². The molecule has 1 aliphatic rings. The molecule has 8 nitrogen and oxygen atoms in total. The summed E-state index contributed by atoms with van der Waals surface area (Å²) in [5, 5.41) is 2.39. The predicted octanol–water partition coefficient (Wildman–Crippen LogP) is -4.83. The second kappa shape index (κ2) is 20.8. The van der Waals surface area contributed by atoms with E-state index in [0.717, 1.165) is 0 Å². The molecule has 0 saturated carbocycles. The van der Waals surface area contributed by atoms with Crippen LogP contribution in [0.5, 0.6) is 0 Å². The van der Waals surface area contributed by atoms with Crippen molar-refractivity contribution in [3.8, 4) is 0 Å². The van der Waals surface area contributed by atoms with Gasteiger partial charge in [-0.05, 0) is 0 Å². The quantitative estimate of drug-likeness (QED) is 0.470. The maximum absolute atomic E-state index is 5.33. The Balaban J connectivity index is 0.000000980. The average Bonchev–Trinajstić information content (AvgIpc) is 2.55. The number of ether oxygens (including phenoxy) is 6. The maximum Gasteiger partial charge on any atom is 0.338 e. The van der Waals surface area contributed by atoms with Crippen LogP contribution in [0.15, 0.2) is 0 Å². The van der Waals surface area contributed by atoms with Gasteiger partial charge in [0.15, 0.2) is 0 Å². The fourth-order valence-corrected chi connectivity index (χ4v) is 1.32. The number of rotatable bonds is 1. The second-order valence-corrected chi connectivity index (χ2v) is 4.08. The molecular formula is C12H34B2N2O6. The van der Waals surface area contributed by atoms with E-state index in [1.165, 1.54) is 0 Å². The number of nitrogens with two attached hydrogens (primary N) is 1. The highest BCUT2D eigenvalue weighted by molar-refractivity contribution is 6.18. The van der Waals surface area contributed by atoms with Crippen LogP contribution in [-0.4, -0.2) is 94.8 Å². The van der Waals surface area contributed by atoms with E-state index in [1.54, 1.807) is 0 Å². The third-order valence-corrected chi connectivity index (χ3v) is 2.23. The average molecular weight is 324 g/mol. The summed E-state index contributed by atoms with van der Waals surface area (Å²) in [5.74, 6) is 0. The maximum atomic E-state index is 5.33. The zero-order valence-corrected chi connectivity index (χ0v) is 13.2. The van der Waals surface area contributed by atoms with Gasteiger partial charge in [0.25, 0.3) is 0 Å². The van der Waals surface area contributed by atoms with Gasteiger partial charge in [-0.1, -0.05) is 0 Å². The fraction of sp³-hybridized carbons (Fsp3) is 1.00. The minimum absolute atomic E-state index is 0.250. The Hall–Kier alpha value is -0.190. The lowest BCUT2D eigenvalue weighted by Crippen LogP contribution is -2.96. The van der Waals surface area contributed by atoms with Crippen LogP contribution in [0.3, 0.4) is 0 Å². The molecule has 0 aliphatic carbocycles. The molecule has 0 amide bonds. The highest BCUT2D eigenvalue weighted by Crippen LogP contribution is 1.86. The lowest BCUT2D eigenvalue weighted by atomic mass is 10.1. The molecule has 10 heteroatoms. The molecule has 1 aliphatic heterocycles. The third kappa shape index (κ3) is 19.8. The highest BCUT2D eigenvalue weighted by atomic mass is 16.6. The van der Waals surface area contributed by atoms with E-state index in [1.807, 2.05) is 0 Å². The van der Waals surface area contributed by atoms with Gasteiger partial charge in [0, 0.05) is 0 Å². The van der Waals surface area contributed by atoms with Crippen molar-refractivity contribution in [2.24, 2.45) is 0 Å². The SMILES string of the molecule is C1COCCOCCOCCOCCOCCO1.[BH3-][NH2+][BH2-][NH3+]. The lowest BCUT2D eigenvalue weighted by Gasteiger charge is -2.09. The monoisotopic (exact) mass is 324 g/mol. The Morgan fingerprint density at radius 3 is 0.773 bits per heavy atom. The van der Waals surface area contributed by atoms with Crippen molar-refractivity contribution >= 4 is 15.5 Å². The molecule has 0 unspecified atom stereocenters. The second-order valence-electron chi connectivity index (χ2n) is 4.08. The van der Waals surface area contributed by atoms with Crippen molar-refractivity contribution in [3.05, 3.63) is 0 Å². The minimum Gasteiger partial charge on any atom is -0.699 e. The molecule has 0 spiro atoms. The van der Waals surface area contributed by atoms with Gasteiger partial charge in [-0.25, -0.2) is 0 Å². The largest absolute Gasteiger partial charge is 0.699 e. The first kappa shape index (κ1) is 21.8. The van der Waals surface area contributed by atoms with E-state index in [4.69, 9.17) is 28.4 Å². The summed E-state index contributed by atoms with van der Waals surface area (Å²) in [5.41, 5.74) is 3.74. The lowest BCUT2D eigenvalue weighted by molar-refractivity contribution is -0.423. The van der Waals surface area contributed by atoms with Crippen molar-refractivity contribution in [3.63, 3.8) is 0 Å². The van der Waals surface area contributed by atoms with Gasteiger partial charge < -0.3 is 39.2 Å². The molecule has 0 atom stereocenters. The van der Waals surface area contributed by atoms with Crippen molar-refractivity contribution in [1.82, 2.24) is 0 Å². The minimum atomic E-state index is 0.250. The van der Waals surface area contributed by atoms with Gasteiger partial charge in [-0.15, -0.1) is 0 Å². The number of hydrogen-bond donors (Lipinski definition) is 2. The van der Waals surface area contributed by atoms with Crippen LogP contribution in [0, 0.1) is 0 Å². The Labute approximate surface area is 135 Å². The summed E-state index contributed by atoms with van der Waals surface area (Å²) in [6.07, 6.45) is 0. The normalized spacial score (nSPS) is 21.0. The molecule has 0 aromatic carbocycles. The van der Waals surface area contributed by atoms with E-state index in [9.17, 15) is 0 Å². The molecule has 1 fully saturated rings. The van der Waals surface area contributed by atoms with Crippen LogP contribution in [0.2, 0.25) is 0 Å². The van der Waals surface area contributed by atoms with E-state index in [-0.39, 0.29) is 7.55 Å². The summed E-state index contributed by atoms with van der Waals surface area (Å²) in [7, 11) is 0.875. The Morgan fingerprint density at radius 1 is 0.545 bits per heavy atom. The molecule has 134 valence electrons. The van der Waals surface area contributed by atoms with Gasteiger partial charge >= 0.3 is 7.55 Å². The zero-order chi connectivity index (χ0) is 16.1. The molecule has 1 rings (SSSR count).